The summed E-state index contributed by atoms with van der Waals surface area (Å²) < 4.78 is 0. The number of rotatable bonds is 30. The number of hydrogen-bond donors (Lipinski definition) is 0. The molecule has 2 aromatic rings. The maximum Gasteiger partial charge on any atom is -0.0149 e. The van der Waals surface area contributed by atoms with Gasteiger partial charge in [-0.1, -0.05) is 211 Å². The van der Waals surface area contributed by atoms with Crippen LogP contribution >= 0.6 is 0 Å². The highest BCUT2D eigenvalue weighted by Gasteiger charge is 2.11. The molecule has 0 nitrogen and oxygen atoms in total. The smallest absolute Gasteiger partial charge is 0.0149 e. The molecule has 0 amide bonds. The van der Waals surface area contributed by atoms with Gasteiger partial charge in [-0.3, -0.25) is 0 Å². The Kier molecular flexibility index (Phi) is 23.8. The molecular formula is C43H74. The minimum absolute atomic E-state index is 1.27. The predicted octanol–water partition coefficient (Wildman–Crippen LogP) is 15.2. The van der Waals surface area contributed by atoms with Gasteiger partial charge in [0.05, 0.1) is 0 Å². The molecule has 246 valence electrons. The molecule has 0 aliphatic rings. The molecule has 43 heavy (non-hydrogen) atoms. The van der Waals surface area contributed by atoms with Gasteiger partial charge in [0.1, 0.15) is 0 Å². The molecule has 0 heterocycles. The number of hydrogen-bond acceptors (Lipinski definition) is 0. The van der Waals surface area contributed by atoms with Gasteiger partial charge in [-0.2, -0.15) is 0 Å². The van der Waals surface area contributed by atoms with Crippen LogP contribution in [-0.4, -0.2) is 0 Å². The summed E-state index contributed by atoms with van der Waals surface area (Å²) in [5.41, 5.74) is 4.91. The zero-order chi connectivity index (χ0) is 30.6. The monoisotopic (exact) mass is 591 g/mol. The van der Waals surface area contributed by atoms with Crippen molar-refractivity contribution in [2.24, 2.45) is 0 Å². The molecule has 0 unspecified atom stereocenters. The zero-order valence-corrected chi connectivity index (χ0v) is 29.6. The maximum absolute atomic E-state index is 2.46. The molecular weight excluding hydrogens is 516 g/mol. The van der Waals surface area contributed by atoms with Gasteiger partial charge < -0.3 is 0 Å². The van der Waals surface area contributed by atoms with Gasteiger partial charge in [-0.25, -0.2) is 0 Å². The number of aryl methyl sites for hydroxylation is 2. The third kappa shape index (κ3) is 18.3. The minimum Gasteiger partial charge on any atom is -0.0654 e. The Morgan fingerprint density at radius 3 is 1.09 bits per heavy atom. The summed E-state index contributed by atoms with van der Waals surface area (Å²) in [5, 5.41) is 2.98. The molecule has 0 atom stereocenters. The largest absolute Gasteiger partial charge is 0.0654 e. The summed E-state index contributed by atoms with van der Waals surface area (Å²) in [5.74, 6) is 0. The van der Waals surface area contributed by atoms with E-state index in [1.165, 1.54) is 209 Å². The summed E-state index contributed by atoms with van der Waals surface area (Å²) in [6, 6.07) is 11.6. The fraction of sp³-hybridized carbons (Fsp3) is 0.767. The van der Waals surface area contributed by atoms with Crippen LogP contribution in [0.2, 0.25) is 0 Å². The van der Waals surface area contributed by atoms with E-state index in [2.05, 4.69) is 51.1 Å². The van der Waals surface area contributed by atoms with Crippen molar-refractivity contribution in [2.75, 3.05) is 0 Å². The summed E-state index contributed by atoms with van der Waals surface area (Å²) >= 11 is 0. The zero-order valence-electron chi connectivity index (χ0n) is 29.6. The molecule has 0 aliphatic heterocycles. The fourth-order valence-electron chi connectivity index (χ4n) is 7.24. The Bertz CT molecular complexity index is 892. The van der Waals surface area contributed by atoms with Gasteiger partial charge in [-0.15, -0.1) is 0 Å². The van der Waals surface area contributed by atoms with E-state index in [0.29, 0.717) is 0 Å². The van der Waals surface area contributed by atoms with Crippen LogP contribution in [0.1, 0.15) is 210 Å². The standard InChI is InChI=1S/C43H74/c1-4-6-8-10-12-14-16-18-20-22-24-26-28-30-35-41-39(3)38-40-34-32-33-36-42(40)43(41)37-31-29-27-25-23-21-19-17-15-13-11-9-7-5-2/h32-34,36,38H,4-31,35,37H2,1-3H3. The Morgan fingerprint density at radius 2 is 0.698 bits per heavy atom. The van der Waals surface area contributed by atoms with Gasteiger partial charge in [0.15, 0.2) is 0 Å². The Labute approximate surface area is 270 Å². The molecule has 2 rings (SSSR count). The number of fused-ring (bicyclic) bond motifs is 1. The first-order valence-electron chi connectivity index (χ1n) is 19.8. The van der Waals surface area contributed by atoms with Gasteiger partial charge >= 0.3 is 0 Å². The van der Waals surface area contributed by atoms with Gasteiger partial charge in [0.25, 0.3) is 0 Å². The molecule has 0 heteroatoms. The van der Waals surface area contributed by atoms with Crippen LogP contribution in [0.15, 0.2) is 30.3 Å². The number of benzene rings is 2. The molecule has 2 aromatic carbocycles. The van der Waals surface area contributed by atoms with E-state index >= 15 is 0 Å². The molecule has 0 saturated heterocycles. The first-order valence-corrected chi connectivity index (χ1v) is 19.8. The highest BCUT2D eigenvalue weighted by Crippen LogP contribution is 2.29. The second-order valence-electron chi connectivity index (χ2n) is 14.1. The van der Waals surface area contributed by atoms with E-state index in [4.69, 9.17) is 0 Å². The highest BCUT2D eigenvalue weighted by atomic mass is 14.2. The van der Waals surface area contributed by atoms with Gasteiger partial charge in [0.2, 0.25) is 0 Å². The van der Waals surface area contributed by atoms with Crippen molar-refractivity contribution in [3.8, 4) is 0 Å². The van der Waals surface area contributed by atoms with E-state index in [-0.39, 0.29) is 0 Å². The van der Waals surface area contributed by atoms with Crippen molar-refractivity contribution in [3.05, 3.63) is 47.0 Å². The highest BCUT2D eigenvalue weighted by molar-refractivity contribution is 5.87. The lowest BCUT2D eigenvalue weighted by Gasteiger charge is -2.17. The van der Waals surface area contributed by atoms with Crippen molar-refractivity contribution in [3.63, 3.8) is 0 Å². The van der Waals surface area contributed by atoms with Crippen LogP contribution in [0.3, 0.4) is 0 Å². The van der Waals surface area contributed by atoms with Crippen LogP contribution in [-0.2, 0) is 12.8 Å². The summed E-state index contributed by atoms with van der Waals surface area (Å²) in [4.78, 5) is 0. The molecule has 0 bridgehead atoms. The number of unbranched alkanes of at least 4 members (excludes halogenated alkanes) is 26. The normalized spacial score (nSPS) is 11.6. The lowest BCUT2D eigenvalue weighted by Crippen LogP contribution is -2.01. The lowest BCUT2D eigenvalue weighted by atomic mass is 9.88. The second-order valence-corrected chi connectivity index (χ2v) is 14.1. The third-order valence-corrected chi connectivity index (χ3v) is 10.1. The van der Waals surface area contributed by atoms with E-state index in [9.17, 15) is 0 Å². The van der Waals surface area contributed by atoms with Crippen LogP contribution in [0, 0.1) is 6.92 Å². The molecule has 0 spiro atoms. The predicted molar refractivity (Wildman–Crippen MR) is 197 cm³/mol. The Balaban J connectivity index is 1.60. The van der Waals surface area contributed by atoms with E-state index < -0.39 is 0 Å². The van der Waals surface area contributed by atoms with Crippen LogP contribution in [0.5, 0.6) is 0 Å². The van der Waals surface area contributed by atoms with Crippen molar-refractivity contribution >= 4 is 10.8 Å². The Hall–Kier alpha value is -1.30. The topological polar surface area (TPSA) is 0 Å². The average Bonchev–Trinajstić information content (AvgIpc) is 3.02. The van der Waals surface area contributed by atoms with E-state index in [1.807, 2.05) is 0 Å². The minimum atomic E-state index is 1.27. The maximum atomic E-state index is 2.46. The van der Waals surface area contributed by atoms with Gasteiger partial charge in [-0.05, 0) is 60.1 Å². The van der Waals surface area contributed by atoms with Crippen LogP contribution in [0.25, 0.3) is 10.8 Å². The van der Waals surface area contributed by atoms with Crippen molar-refractivity contribution < 1.29 is 0 Å². The van der Waals surface area contributed by atoms with Crippen LogP contribution < -0.4 is 0 Å². The Morgan fingerprint density at radius 1 is 0.372 bits per heavy atom. The van der Waals surface area contributed by atoms with Crippen molar-refractivity contribution in [1.82, 2.24) is 0 Å². The van der Waals surface area contributed by atoms with E-state index in [1.54, 1.807) is 11.1 Å². The molecule has 0 aromatic heterocycles. The summed E-state index contributed by atoms with van der Waals surface area (Å²) in [6.45, 7) is 6.99. The van der Waals surface area contributed by atoms with Gasteiger partial charge in [0, 0.05) is 0 Å². The quantitative estimate of drug-likeness (QED) is 0.0794. The summed E-state index contributed by atoms with van der Waals surface area (Å²) in [6.07, 6.45) is 42.8. The molecule has 0 radical (unpaired) electrons. The summed E-state index contributed by atoms with van der Waals surface area (Å²) in [7, 11) is 0. The average molecular weight is 591 g/mol. The molecule has 0 aliphatic carbocycles. The first kappa shape index (κ1) is 37.9. The molecule has 0 fully saturated rings. The first-order chi connectivity index (χ1) is 21.3. The fourth-order valence-corrected chi connectivity index (χ4v) is 7.24. The van der Waals surface area contributed by atoms with Crippen LogP contribution in [0.4, 0.5) is 0 Å². The third-order valence-electron chi connectivity index (χ3n) is 10.1. The second kappa shape index (κ2) is 27.0. The van der Waals surface area contributed by atoms with E-state index in [0.717, 1.165) is 0 Å². The molecule has 0 N–H and O–H groups in total. The van der Waals surface area contributed by atoms with Crippen molar-refractivity contribution in [2.45, 2.75) is 213 Å². The SMILES string of the molecule is CCCCCCCCCCCCCCCCc1c(C)cc2ccccc2c1CCCCCCCCCCCCCCCC. The van der Waals surface area contributed by atoms with Crippen molar-refractivity contribution in [1.29, 1.82) is 0 Å². The lowest BCUT2D eigenvalue weighted by molar-refractivity contribution is 0.534. The molecule has 0 saturated carbocycles.